The van der Waals surface area contributed by atoms with Crippen LogP contribution < -0.4 is 10.1 Å². The number of Topliss-reactive ketones (excluding diaryl/α,β-unsaturated/α-hetero) is 1. The van der Waals surface area contributed by atoms with Gasteiger partial charge in [0.25, 0.3) is 5.91 Å². The molecule has 1 heterocycles. The summed E-state index contributed by atoms with van der Waals surface area (Å²) < 4.78 is 5.32. The Morgan fingerprint density at radius 1 is 1.06 bits per heavy atom. The lowest BCUT2D eigenvalue weighted by Gasteiger charge is -2.29. The second-order valence-corrected chi connectivity index (χ2v) is 9.46. The highest BCUT2D eigenvalue weighted by Crippen LogP contribution is 2.46. The van der Waals surface area contributed by atoms with Crippen LogP contribution in [0.15, 0.2) is 54.6 Å². The molecule has 0 unspecified atom stereocenters. The molecule has 2 N–H and O–H groups in total. The molecule has 6 nitrogen and oxygen atoms in total. The van der Waals surface area contributed by atoms with E-state index in [9.17, 15) is 9.59 Å². The minimum absolute atomic E-state index is 0.0137. The van der Waals surface area contributed by atoms with Crippen molar-refractivity contribution in [2.24, 2.45) is 0 Å². The fourth-order valence-corrected chi connectivity index (χ4v) is 5.32. The molecule has 1 aromatic heterocycles. The van der Waals surface area contributed by atoms with E-state index >= 15 is 0 Å². The Balaban J connectivity index is 1.71. The lowest BCUT2D eigenvalue weighted by atomic mass is 9.73. The number of methoxy groups -OCH3 is 1. The summed E-state index contributed by atoms with van der Waals surface area (Å²) >= 11 is 0. The maximum Gasteiger partial charge on any atom is 0.253 e. The van der Waals surface area contributed by atoms with Gasteiger partial charge in [0.15, 0.2) is 5.78 Å². The van der Waals surface area contributed by atoms with Crippen LogP contribution in [0.4, 0.5) is 0 Å². The van der Waals surface area contributed by atoms with E-state index in [0.29, 0.717) is 29.9 Å². The average molecular weight is 488 g/mol. The van der Waals surface area contributed by atoms with E-state index in [4.69, 9.17) is 4.74 Å². The molecule has 0 spiro atoms. The number of fused-ring (bicyclic) bond motifs is 1. The van der Waals surface area contributed by atoms with Gasteiger partial charge in [0.05, 0.1) is 24.1 Å². The molecule has 0 bridgehead atoms. The van der Waals surface area contributed by atoms with Gasteiger partial charge in [-0.3, -0.25) is 9.59 Å². The molecule has 6 heteroatoms. The lowest BCUT2D eigenvalue weighted by molar-refractivity contribution is 0.0949. The molecule has 1 aliphatic rings. The molecule has 0 radical (unpaired) electrons. The second-order valence-electron chi connectivity index (χ2n) is 9.46. The maximum absolute atomic E-state index is 13.7. The van der Waals surface area contributed by atoms with Gasteiger partial charge < -0.3 is 19.9 Å². The molecule has 36 heavy (non-hydrogen) atoms. The van der Waals surface area contributed by atoms with Crippen LogP contribution in [-0.2, 0) is 0 Å². The van der Waals surface area contributed by atoms with Crippen LogP contribution in [-0.4, -0.2) is 54.9 Å². The quantitative estimate of drug-likeness (QED) is 0.364. The number of hydrogen-bond donors (Lipinski definition) is 2. The van der Waals surface area contributed by atoms with E-state index in [1.807, 2.05) is 42.5 Å². The highest BCUT2D eigenvalue weighted by Gasteiger charge is 2.38. The van der Waals surface area contributed by atoms with Gasteiger partial charge in [-0.15, -0.1) is 0 Å². The van der Waals surface area contributed by atoms with Crippen LogP contribution in [0, 0.1) is 0 Å². The summed E-state index contributed by atoms with van der Waals surface area (Å²) in [5.74, 6) is 0.698. The summed E-state index contributed by atoms with van der Waals surface area (Å²) in [5, 5.41) is 3.14. The van der Waals surface area contributed by atoms with Gasteiger partial charge in [0.2, 0.25) is 0 Å². The minimum atomic E-state index is -0.133. The number of ketones is 1. The Morgan fingerprint density at radius 2 is 1.75 bits per heavy atom. The monoisotopic (exact) mass is 487 g/mol. The average Bonchev–Trinajstić information content (AvgIpc) is 3.33. The Bertz CT molecular complexity index is 1180. The molecule has 0 saturated heterocycles. The number of nitrogens with zero attached hydrogens (tertiary/aromatic N) is 1. The number of benzene rings is 2. The van der Waals surface area contributed by atoms with Crippen molar-refractivity contribution in [3.05, 3.63) is 77.0 Å². The zero-order valence-corrected chi connectivity index (χ0v) is 21.8. The minimum Gasteiger partial charge on any atom is -0.497 e. The number of aromatic amines is 1. The van der Waals surface area contributed by atoms with Gasteiger partial charge in [-0.1, -0.05) is 51.1 Å². The summed E-state index contributed by atoms with van der Waals surface area (Å²) in [6, 6.07) is 17.7. The van der Waals surface area contributed by atoms with Gasteiger partial charge >= 0.3 is 0 Å². The van der Waals surface area contributed by atoms with E-state index in [1.54, 1.807) is 7.11 Å². The Hall–Kier alpha value is -3.38. The van der Waals surface area contributed by atoms with Crippen LogP contribution in [0.3, 0.4) is 0 Å². The number of hydrogen-bond acceptors (Lipinski definition) is 4. The fourth-order valence-electron chi connectivity index (χ4n) is 5.32. The number of carbonyl (C=O) groups excluding carboxylic acids is 2. The fraction of sp³-hybridized carbons (Fsp3) is 0.400. The zero-order chi connectivity index (χ0) is 25.7. The highest BCUT2D eigenvalue weighted by molar-refractivity contribution is 6.08. The van der Waals surface area contributed by atoms with Crippen molar-refractivity contribution >= 4 is 11.7 Å². The zero-order valence-electron chi connectivity index (χ0n) is 21.8. The molecule has 0 fully saturated rings. The molecule has 190 valence electrons. The summed E-state index contributed by atoms with van der Waals surface area (Å²) in [7, 11) is 1.63. The third kappa shape index (κ3) is 5.24. The Morgan fingerprint density at radius 3 is 2.39 bits per heavy atom. The van der Waals surface area contributed by atoms with E-state index in [-0.39, 0.29) is 23.5 Å². The van der Waals surface area contributed by atoms with E-state index in [1.165, 1.54) is 0 Å². The molecular weight excluding hydrogens is 450 g/mol. The lowest BCUT2D eigenvalue weighted by Crippen LogP contribution is -2.31. The first-order chi connectivity index (χ1) is 17.5. The van der Waals surface area contributed by atoms with Crippen molar-refractivity contribution in [3.8, 4) is 17.0 Å². The molecule has 0 saturated carbocycles. The third-order valence-corrected chi connectivity index (χ3v) is 7.45. The predicted octanol–water partition coefficient (Wildman–Crippen LogP) is 5.63. The first-order valence-corrected chi connectivity index (χ1v) is 13.0. The van der Waals surface area contributed by atoms with Gasteiger partial charge in [-0.25, -0.2) is 0 Å². The van der Waals surface area contributed by atoms with Crippen molar-refractivity contribution in [1.82, 2.24) is 15.2 Å². The largest absolute Gasteiger partial charge is 0.497 e. The Labute approximate surface area is 214 Å². The van der Waals surface area contributed by atoms with Gasteiger partial charge in [-0.2, -0.15) is 0 Å². The van der Waals surface area contributed by atoms with E-state index in [0.717, 1.165) is 48.5 Å². The SMILES string of the molecule is CCN(CC)CCCNC(=O)c1c(-c2ccc(OC)cc2)[nH]c2c1[C@@H](C)[C@H](c1ccccc1)CC2=O. The number of aromatic nitrogens is 1. The van der Waals surface area contributed by atoms with Crippen LogP contribution in [0.25, 0.3) is 11.3 Å². The molecule has 0 aliphatic heterocycles. The second kappa shape index (κ2) is 11.6. The smallest absolute Gasteiger partial charge is 0.253 e. The third-order valence-electron chi connectivity index (χ3n) is 7.45. The molecule has 2 atom stereocenters. The van der Waals surface area contributed by atoms with E-state index in [2.05, 4.69) is 48.1 Å². The summed E-state index contributed by atoms with van der Waals surface area (Å²) in [6.45, 7) is 9.95. The van der Waals surface area contributed by atoms with Crippen LogP contribution in [0.5, 0.6) is 5.75 Å². The first-order valence-electron chi connectivity index (χ1n) is 13.0. The van der Waals surface area contributed by atoms with Crippen molar-refractivity contribution in [3.63, 3.8) is 0 Å². The highest BCUT2D eigenvalue weighted by atomic mass is 16.5. The number of amides is 1. The topological polar surface area (TPSA) is 74.4 Å². The standard InChI is InChI=1S/C30H37N3O3/c1-5-33(6-2)18-10-17-31-30(35)27-26-20(3)24(21-11-8-7-9-12-21)19-25(34)29(26)32-28(27)22-13-15-23(36-4)16-14-22/h7-9,11-16,20,24,32H,5-6,10,17-19H2,1-4H3,(H,31,35)/t20-,24+/m0/s1. The molecule has 1 aliphatic carbocycles. The van der Waals surface area contributed by atoms with Crippen LogP contribution in [0.2, 0.25) is 0 Å². The van der Waals surface area contributed by atoms with E-state index < -0.39 is 0 Å². The van der Waals surface area contributed by atoms with Gasteiger partial charge in [0.1, 0.15) is 5.75 Å². The number of nitrogens with one attached hydrogen (secondary N) is 2. The predicted molar refractivity (Wildman–Crippen MR) is 144 cm³/mol. The van der Waals surface area contributed by atoms with Crippen molar-refractivity contribution in [2.75, 3.05) is 33.3 Å². The number of ether oxygens (including phenoxy) is 1. The van der Waals surface area contributed by atoms with Gasteiger partial charge in [0, 0.05) is 13.0 Å². The maximum atomic E-state index is 13.7. The van der Waals surface area contributed by atoms with Crippen LogP contribution in [0.1, 0.15) is 77.4 Å². The molecule has 3 aromatic rings. The normalized spacial score (nSPS) is 17.2. The molecule has 1 amide bonds. The van der Waals surface area contributed by atoms with Crippen LogP contribution >= 0.6 is 0 Å². The number of H-pyrrole nitrogens is 1. The molecule has 2 aromatic carbocycles. The van der Waals surface area contributed by atoms with Crippen molar-refractivity contribution < 1.29 is 14.3 Å². The molecular formula is C30H37N3O3. The van der Waals surface area contributed by atoms with Gasteiger partial charge in [-0.05, 0) is 78.8 Å². The summed E-state index contributed by atoms with van der Waals surface area (Å²) in [6.07, 6.45) is 1.30. The molecule has 4 rings (SSSR count). The number of rotatable bonds is 10. The van der Waals surface area contributed by atoms with Crippen molar-refractivity contribution in [2.45, 2.75) is 45.4 Å². The van der Waals surface area contributed by atoms with Crippen molar-refractivity contribution in [1.29, 1.82) is 0 Å². The number of carbonyl (C=O) groups is 2. The Kier molecular flexibility index (Phi) is 8.26. The first kappa shape index (κ1) is 25.7. The summed E-state index contributed by atoms with van der Waals surface area (Å²) in [4.78, 5) is 32.7. The summed E-state index contributed by atoms with van der Waals surface area (Å²) in [5.41, 5.74) is 4.65.